The molecule has 1 aromatic rings. The number of hydrogen-bond donors (Lipinski definition) is 0. The molecule has 1 aromatic carbocycles. The van der Waals surface area contributed by atoms with Crippen LogP contribution < -0.4 is 0 Å². The molecular formula is C10H4F3N2-. The molecule has 0 spiro atoms. The molecule has 0 heterocycles. The van der Waals surface area contributed by atoms with Crippen LogP contribution in [0.2, 0.25) is 0 Å². The SMILES string of the molecule is N#Cc1cccc(C(=C=[N-])C(F)(F)F)c1. The average Bonchev–Trinajstić information content (AvgIpc) is 2.17. The van der Waals surface area contributed by atoms with Gasteiger partial charge in [0.2, 0.25) is 0 Å². The topological polar surface area (TPSA) is 46.1 Å². The lowest BCUT2D eigenvalue weighted by atomic mass is 10.0. The van der Waals surface area contributed by atoms with E-state index >= 15 is 0 Å². The lowest BCUT2D eigenvalue weighted by Gasteiger charge is -2.10. The van der Waals surface area contributed by atoms with E-state index in [2.05, 4.69) is 0 Å². The fourth-order valence-corrected chi connectivity index (χ4v) is 1.04. The van der Waals surface area contributed by atoms with Crippen molar-refractivity contribution in [3.05, 3.63) is 40.8 Å². The molecule has 0 aromatic heterocycles. The molecule has 0 saturated heterocycles. The maximum atomic E-state index is 12.3. The molecule has 15 heavy (non-hydrogen) atoms. The average molecular weight is 209 g/mol. The van der Waals surface area contributed by atoms with E-state index in [0.717, 1.165) is 18.0 Å². The molecule has 0 aliphatic rings. The van der Waals surface area contributed by atoms with Gasteiger partial charge in [0.15, 0.2) is 0 Å². The third kappa shape index (κ3) is 2.46. The van der Waals surface area contributed by atoms with Gasteiger partial charge in [0.1, 0.15) is 0 Å². The molecule has 2 nitrogen and oxygen atoms in total. The molecule has 0 amide bonds. The standard InChI is InChI=1S/C10H4F3N2/c11-10(12,13)9(6-15)8-3-1-2-7(4-8)5-14/h1-4H/q-1. The summed E-state index contributed by atoms with van der Waals surface area (Å²) in [6.07, 6.45) is -4.69. The first-order valence-electron chi connectivity index (χ1n) is 3.84. The Kier molecular flexibility index (Phi) is 2.93. The fourth-order valence-electron chi connectivity index (χ4n) is 1.04. The van der Waals surface area contributed by atoms with Crippen molar-refractivity contribution in [1.82, 2.24) is 0 Å². The molecule has 0 bridgehead atoms. The molecule has 0 aliphatic heterocycles. The molecule has 0 fully saturated rings. The van der Waals surface area contributed by atoms with Crippen LogP contribution in [0.4, 0.5) is 13.2 Å². The number of nitrogens with zero attached hydrogens (tertiary/aromatic N) is 2. The molecule has 5 heteroatoms. The summed E-state index contributed by atoms with van der Waals surface area (Å²) in [7, 11) is 0. The van der Waals surface area contributed by atoms with Crippen LogP contribution in [0.15, 0.2) is 24.3 Å². The van der Waals surface area contributed by atoms with E-state index < -0.39 is 11.7 Å². The van der Waals surface area contributed by atoms with Crippen molar-refractivity contribution in [1.29, 1.82) is 5.26 Å². The third-order valence-electron chi connectivity index (χ3n) is 1.68. The molecule has 0 radical (unpaired) electrons. The van der Waals surface area contributed by atoms with Gasteiger partial charge in [-0.2, -0.15) is 18.4 Å². The van der Waals surface area contributed by atoms with Crippen LogP contribution in [0.5, 0.6) is 0 Å². The second-order valence-electron chi connectivity index (χ2n) is 2.68. The second-order valence-corrected chi connectivity index (χ2v) is 2.68. The van der Waals surface area contributed by atoms with Gasteiger partial charge in [-0.05, 0) is 17.7 Å². The molecule has 76 valence electrons. The molecular weight excluding hydrogens is 205 g/mol. The Labute approximate surface area is 83.8 Å². The number of benzene rings is 1. The van der Waals surface area contributed by atoms with E-state index in [1.54, 1.807) is 6.07 Å². The zero-order valence-corrected chi connectivity index (χ0v) is 7.34. The van der Waals surface area contributed by atoms with Crippen LogP contribution in [0, 0.1) is 11.3 Å². The normalized spacial score (nSPS) is 10.3. The minimum atomic E-state index is -4.69. The molecule has 0 unspecified atom stereocenters. The number of nitriles is 1. The van der Waals surface area contributed by atoms with Gasteiger partial charge < -0.3 is 5.41 Å². The Bertz CT molecular complexity index is 462. The van der Waals surface area contributed by atoms with E-state index in [4.69, 9.17) is 10.7 Å². The van der Waals surface area contributed by atoms with Crippen LogP contribution in [0.3, 0.4) is 0 Å². The zero-order valence-electron chi connectivity index (χ0n) is 7.34. The Morgan fingerprint density at radius 1 is 1.33 bits per heavy atom. The van der Waals surface area contributed by atoms with Crippen LogP contribution in [-0.2, 0) is 0 Å². The van der Waals surface area contributed by atoms with Crippen LogP contribution in [0.25, 0.3) is 11.0 Å². The molecule has 0 N–H and O–H groups in total. The number of halogens is 3. The van der Waals surface area contributed by atoms with Crippen molar-refractivity contribution in [3.8, 4) is 6.07 Å². The van der Waals surface area contributed by atoms with Gasteiger partial charge in [0.25, 0.3) is 0 Å². The highest BCUT2D eigenvalue weighted by Crippen LogP contribution is 2.31. The highest BCUT2D eigenvalue weighted by atomic mass is 19.4. The summed E-state index contributed by atoms with van der Waals surface area (Å²) < 4.78 is 36.9. The van der Waals surface area contributed by atoms with Crippen molar-refractivity contribution in [2.45, 2.75) is 6.18 Å². The van der Waals surface area contributed by atoms with Crippen molar-refractivity contribution < 1.29 is 13.2 Å². The van der Waals surface area contributed by atoms with Gasteiger partial charge >= 0.3 is 6.18 Å². The van der Waals surface area contributed by atoms with E-state index in [1.807, 2.05) is 0 Å². The third-order valence-corrected chi connectivity index (χ3v) is 1.68. The van der Waals surface area contributed by atoms with Crippen molar-refractivity contribution >= 4 is 11.4 Å². The number of rotatable bonds is 1. The lowest BCUT2D eigenvalue weighted by molar-refractivity contribution is -0.0678. The largest absolute Gasteiger partial charge is 0.763 e. The van der Waals surface area contributed by atoms with E-state index in [1.165, 1.54) is 12.1 Å². The minimum absolute atomic E-state index is 0.0875. The highest BCUT2D eigenvalue weighted by Gasteiger charge is 2.33. The summed E-state index contributed by atoms with van der Waals surface area (Å²) in [5, 5.41) is 16.9. The Hall–Kier alpha value is -2.05. The van der Waals surface area contributed by atoms with E-state index in [-0.39, 0.29) is 11.1 Å². The summed E-state index contributed by atoms with van der Waals surface area (Å²) in [6, 6.07) is 6.56. The summed E-state index contributed by atoms with van der Waals surface area (Å²) in [6.45, 7) is 0. The van der Waals surface area contributed by atoms with E-state index in [0.29, 0.717) is 0 Å². The number of allylic oxidation sites excluding steroid dienone is 1. The monoisotopic (exact) mass is 209 g/mol. The highest BCUT2D eigenvalue weighted by molar-refractivity contribution is 5.93. The zero-order chi connectivity index (χ0) is 11.5. The van der Waals surface area contributed by atoms with Crippen molar-refractivity contribution in [2.24, 2.45) is 0 Å². The number of hydrogen-bond acceptors (Lipinski definition) is 1. The first-order valence-corrected chi connectivity index (χ1v) is 3.84. The molecule has 0 atom stereocenters. The van der Waals surface area contributed by atoms with Crippen LogP contribution in [0.1, 0.15) is 11.1 Å². The summed E-state index contributed by atoms with van der Waals surface area (Å²) in [4.78, 5) is 0. The Morgan fingerprint density at radius 2 is 2.00 bits per heavy atom. The maximum Gasteiger partial charge on any atom is 0.422 e. The predicted octanol–water partition coefficient (Wildman–Crippen LogP) is 2.74. The van der Waals surface area contributed by atoms with Crippen molar-refractivity contribution in [3.63, 3.8) is 0 Å². The second kappa shape index (κ2) is 3.99. The van der Waals surface area contributed by atoms with Gasteiger partial charge in [0.05, 0.1) is 17.2 Å². The first kappa shape index (κ1) is 11.0. The maximum absolute atomic E-state index is 12.3. The Morgan fingerprint density at radius 3 is 2.47 bits per heavy atom. The smallest absolute Gasteiger partial charge is 0.422 e. The quantitative estimate of drug-likeness (QED) is 0.656. The summed E-state index contributed by atoms with van der Waals surface area (Å²) >= 11 is 0. The Balaban J connectivity index is 3.28. The minimum Gasteiger partial charge on any atom is -0.763 e. The van der Waals surface area contributed by atoms with Crippen LogP contribution >= 0.6 is 0 Å². The first-order chi connectivity index (χ1) is 6.99. The van der Waals surface area contributed by atoms with Gasteiger partial charge in [-0.25, -0.2) is 0 Å². The van der Waals surface area contributed by atoms with Gasteiger partial charge in [-0.1, -0.05) is 12.1 Å². The lowest BCUT2D eigenvalue weighted by Crippen LogP contribution is -2.11. The van der Waals surface area contributed by atoms with Gasteiger partial charge in [-0.3, -0.25) is 5.87 Å². The predicted molar refractivity (Wildman–Crippen MR) is 49.0 cm³/mol. The fraction of sp³-hybridized carbons (Fsp3) is 0.100. The van der Waals surface area contributed by atoms with E-state index in [9.17, 15) is 13.2 Å². The molecule has 1 rings (SSSR count). The van der Waals surface area contributed by atoms with Crippen LogP contribution in [-0.4, -0.2) is 12.0 Å². The van der Waals surface area contributed by atoms with Gasteiger partial charge in [-0.15, -0.1) is 0 Å². The molecule has 0 saturated carbocycles. The number of alkyl halides is 3. The summed E-state index contributed by atoms with van der Waals surface area (Å²) in [5.41, 5.74) is -1.49. The summed E-state index contributed by atoms with van der Waals surface area (Å²) in [5.74, 6) is 1.09. The van der Waals surface area contributed by atoms with Crippen molar-refractivity contribution in [2.75, 3.05) is 0 Å². The molecule has 0 aliphatic carbocycles. The van der Waals surface area contributed by atoms with Gasteiger partial charge in [0, 0.05) is 0 Å².